The van der Waals surface area contributed by atoms with Crippen LogP contribution in [0, 0.1) is 0 Å². The van der Waals surface area contributed by atoms with E-state index in [0.29, 0.717) is 18.6 Å². The first kappa shape index (κ1) is 16.0. The van der Waals surface area contributed by atoms with Crippen LogP contribution in [0.25, 0.3) is 0 Å². The number of nitrogens with zero attached hydrogens (tertiary/aromatic N) is 3. The quantitative estimate of drug-likeness (QED) is 0.833. The Morgan fingerprint density at radius 1 is 1.33 bits per heavy atom. The smallest absolute Gasteiger partial charge is 0.313 e. The number of aromatic nitrogens is 2. The molecule has 1 fully saturated rings. The molecule has 0 saturated carbocycles. The minimum atomic E-state index is -0.264. The highest BCUT2D eigenvalue weighted by Gasteiger charge is 2.21. The highest BCUT2D eigenvalue weighted by atomic mass is 16.2. The highest BCUT2D eigenvalue weighted by Crippen LogP contribution is 2.11. The number of nitrogens with one attached hydrogen (secondary N) is 1. The van der Waals surface area contributed by atoms with Crippen LogP contribution in [0.15, 0.2) is 15.7 Å². The summed E-state index contributed by atoms with van der Waals surface area (Å²) < 4.78 is 2.71. The Hall–Kier alpha value is -1.40. The van der Waals surface area contributed by atoms with Gasteiger partial charge in [-0.3, -0.25) is 18.8 Å². The summed E-state index contributed by atoms with van der Waals surface area (Å²) in [4.78, 5) is 26.1. The Bertz CT molecular complexity index is 597. The van der Waals surface area contributed by atoms with E-state index < -0.39 is 0 Å². The Balaban J connectivity index is 2.20. The molecule has 0 radical (unpaired) electrons. The van der Waals surface area contributed by atoms with Crippen molar-refractivity contribution < 1.29 is 0 Å². The summed E-state index contributed by atoms with van der Waals surface area (Å²) in [5.41, 5.74) is 0.269. The fraction of sp³-hybridized carbons (Fsp3) is 0.733. The molecule has 21 heavy (non-hydrogen) atoms. The third kappa shape index (κ3) is 3.63. The van der Waals surface area contributed by atoms with E-state index >= 15 is 0 Å². The van der Waals surface area contributed by atoms with Gasteiger partial charge in [-0.25, -0.2) is 4.79 Å². The Labute approximate surface area is 125 Å². The molecule has 2 rings (SSSR count). The van der Waals surface area contributed by atoms with Gasteiger partial charge >= 0.3 is 5.69 Å². The molecule has 0 aromatic carbocycles. The lowest BCUT2D eigenvalue weighted by Gasteiger charge is -2.29. The monoisotopic (exact) mass is 294 g/mol. The second-order valence-electron chi connectivity index (χ2n) is 6.19. The minimum absolute atomic E-state index is 0.240. The van der Waals surface area contributed by atoms with Crippen LogP contribution in [-0.4, -0.2) is 39.2 Å². The van der Waals surface area contributed by atoms with Crippen molar-refractivity contribution >= 4 is 0 Å². The van der Waals surface area contributed by atoms with E-state index in [1.54, 1.807) is 17.7 Å². The highest BCUT2D eigenvalue weighted by molar-refractivity contribution is 5.02. The molecule has 6 nitrogen and oxygen atoms in total. The van der Waals surface area contributed by atoms with E-state index in [2.05, 4.69) is 24.1 Å². The molecule has 0 bridgehead atoms. The van der Waals surface area contributed by atoms with Crippen molar-refractivity contribution in [1.82, 2.24) is 19.4 Å². The molecule has 2 heterocycles. The molecule has 1 N–H and O–H groups in total. The average Bonchev–Trinajstić information content (AvgIpc) is 2.94. The van der Waals surface area contributed by atoms with Gasteiger partial charge in [0.1, 0.15) is 0 Å². The van der Waals surface area contributed by atoms with Crippen molar-refractivity contribution in [3.05, 3.63) is 32.6 Å². The molecule has 6 heteroatoms. The van der Waals surface area contributed by atoms with E-state index in [1.807, 2.05) is 0 Å². The first-order chi connectivity index (χ1) is 9.90. The molecule has 0 aliphatic carbocycles. The van der Waals surface area contributed by atoms with Crippen LogP contribution in [0.2, 0.25) is 0 Å². The van der Waals surface area contributed by atoms with Gasteiger partial charge in [-0.05, 0) is 33.2 Å². The molecule has 1 aliphatic heterocycles. The summed E-state index contributed by atoms with van der Waals surface area (Å²) in [6.07, 6.45) is 2.42. The number of rotatable bonds is 5. The molecular weight excluding hydrogens is 268 g/mol. The van der Waals surface area contributed by atoms with Gasteiger partial charge in [0, 0.05) is 51.0 Å². The van der Waals surface area contributed by atoms with Crippen LogP contribution in [0.3, 0.4) is 0 Å². The summed E-state index contributed by atoms with van der Waals surface area (Å²) in [5.74, 6) is 0. The van der Waals surface area contributed by atoms with E-state index in [4.69, 9.17) is 0 Å². The predicted molar refractivity (Wildman–Crippen MR) is 83.5 cm³/mol. The van der Waals surface area contributed by atoms with Gasteiger partial charge in [0.25, 0.3) is 5.56 Å². The van der Waals surface area contributed by atoms with Crippen molar-refractivity contribution in [2.45, 2.75) is 45.3 Å². The lowest BCUT2D eigenvalue weighted by molar-refractivity contribution is 0.189. The average molecular weight is 294 g/mol. The van der Waals surface area contributed by atoms with Crippen LogP contribution in [0.1, 0.15) is 32.4 Å². The molecule has 0 amide bonds. The van der Waals surface area contributed by atoms with Crippen LogP contribution >= 0.6 is 0 Å². The molecule has 1 atom stereocenters. The fourth-order valence-corrected chi connectivity index (χ4v) is 2.79. The van der Waals surface area contributed by atoms with Crippen LogP contribution in [0.5, 0.6) is 0 Å². The van der Waals surface area contributed by atoms with E-state index in [9.17, 15) is 9.59 Å². The maximum absolute atomic E-state index is 12.0. The third-order valence-electron chi connectivity index (χ3n) is 4.34. The molecule has 0 spiro atoms. The second kappa shape index (κ2) is 6.58. The molecule has 1 saturated heterocycles. The second-order valence-corrected chi connectivity index (χ2v) is 6.19. The first-order valence-corrected chi connectivity index (χ1v) is 7.63. The lowest BCUT2D eigenvalue weighted by Crippen LogP contribution is -2.43. The summed E-state index contributed by atoms with van der Waals surface area (Å²) in [7, 11) is 3.24. The van der Waals surface area contributed by atoms with Gasteiger partial charge in [-0.15, -0.1) is 0 Å². The SMILES string of the molecule is CC(C)N(Cc1cc(=O)n(C)c(=O)n1C)CC1CCCN1. The van der Waals surface area contributed by atoms with Gasteiger partial charge < -0.3 is 5.32 Å². The lowest BCUT2D eigenvalue weighted by atomic mass is 10.2. The standard InChI is InChI=1S/C15H26N4O2/c1-11(2)19(9-12-6-5-7-16-12)10-13-8-14(20)18(4)15(21)17(13)3/h8,11-12,16H,5-7,9-10H2,1-4H3. The van der Waals surface area contributed by atoms with Crippen molar-refractivity contribution in [2.75, 3.05) is 13.1 Å². The molecule has 1 aliphatic rings. The summed E-state index contributed by atoms with van der Waals surface area (Å²) in [6, 6.07) is 2.45. The van der Waals surface area contributed by atoms with Crippen LogP contribution in [0.4, 0.5) is 0 Å². The van der Waals surface area contributed by atoms with Crippen LogP contribution in [-0.2, 0) is 20.6 Å². The van der Waals surface area contributed by atoms with Crippen LogP contribution < -0.4 is 16.6 Å². The topological polar surface area (TPSA) is 59.3 Å². The molecule has 1 aromatic heterocycles. The van der Waals surface area contributed by atoms with Gasteiger partial charge in [-0.2, -0.15) is 0 Å². The maximum atomic E-state index is 12.0. The Morgan fingerprint density at radius 2 is 2.05 bits per heavy atom. The van der Waals surface area contributed by atoms with Gasteiger partial charge in [-0.1, -0.05) is 0 Å². The molecule has 118 valence electrons. The maximum Gasteiger partial charge on any atom is 0.330 e. The van der Waals surface area contributed by atoms with Crippen molar-refractivity contribution in [3.8, 4) is 0 Å². The first-order valence-electron chi connectivity index (χ1n) is 7.63. The Kier molecular flexibility index (Phi) is 5.00. The zero-order valence-electron chi connectivity index (χ0n) is 13.4. The minimum Gasteiger partial charge on any atom is -0.313 e. The van der Waals surface area contributed by atoms with Gasteiger partial charge in [0.2, 0.25) is 0 Å². The van der Waals surface area contributed by atoms with Gasteiger partial charge in [0.05, 0.1) is 0 Å². The van der Waals surface area contributed by atoms with Gasteiger partial charge in [0.15, 0.2) is 0 Å². The fourth-order valence-electron chi connectivity index (χ4n) is 2.79. The number of hydrogen-bond donors (Lipinski definition) is 1. The predicted octanol–water partition coefficient (Wildman–Crippen LogP) is 0.0464. The summed E-state index contributed by atoms with van der Waals surface area (Å²) in [6.45, 7) is 6.95. The summed E-state index contributed by atoms with van der Waals surface area (Å²) in [5, 5.41) is 3.50. The largest absolute Gasteiger partial charge is 0.330 e. The molecule has 1 unspecified atom stereocenters. The van der Waals surface area contributed by atoms with Crippen molar-refractivity contribution in [2.24, 2.45) is 14.1 Å². The summed E-state index contributed by atoms with van der Waals surface area (Å²) >= 11 is 0. The number of hydrogen-bond acceptors (Lipinski definition) is 4. The normalized spacial score (nSPS) is 18.9. The van der Waals surface area contributed by atoms with E-state index in [1.165, 1.54) is 19.9 Å². The zero-order valence-corrected chi connectivity index (χ0v) is 13.4. The van der Waals surface area contributed by atoms with E-state index in [0.717, 1.165) is 23.4 Å². The zero-order chi connectivity index (χ0) is 15.6. The van der Waals surface area contributed by atoms with E-state index in [-0.39, 0.29) is 11.2 Å². The van der Waals surface area contributed by atoms with Crippen molar-refractivity contribution in [3.63, 3.8) is 0 Å². The van der Waals surface area contributed by atoms with Crippen molar-refractivity contribution in [1.29, 1.82) is 0 Å². The molecule has 1 aromatic rings. The third-order valence-corrected chi connectivity index (χ3v) is 4.34. The molecular formula is C15H26N4O2. The Morgan fingerprint density at radius 3 is 2.62 bits per heavy atom.